The summed E-state index contributed by atoms with van der Waals surface area (Å²) in [5.41, 5.74) is 2.40. The number of hydrogen-bond donors (Lipinski definition) is 0. The van der Waals surface area contributed by atoms with Gasteiger partial charge in [0.15, 0.2) is 5.78 Å². The van der Waals surface area contributed by atoms with Gasteiger partial charge in [0.25, 0.3) is 0 Å². The van der Waals surface area contributed by atoms with Crippen LogP contribution in [0.5, 0.6) is 5.75 Å². The highest BCUT2D eigenvalue weighted by Crippen LogP contribution is 2.41. The molecule has 0 aliphatic carbocycles. The molecule has 0 amide bonds. The van der Waals surface area contributed by atoms with Crippen LogP contribution in [0, 0.1) is 17.2 Å². The minimum atomic E-state index is 0.0504. The van der Waals surface area contributed by atoms with Crippen LogP contribution < -0.4 is 4.74 Å². The highest BCUT2D eigenvalue weighted by Gasteiger charge is 2.42. The van der Waals surface area contributed by atoms with Crippen LogP contribution in [-0.4, -0.2) is 29.9 Å². The van der Waals surface area contributed by atoms with Crippen molar-refractivity contribution >= 4 is 5.78 Å². The fraction of sp³-hybridized carbons (Fsp3) is 0.391. The van der Waals surface area contributed by atoms with Crippen LogP contribution in [0.2, 0.25) is 0 Å². The number of piperidine rings is 1. The number of nitrogens with zero attached hydrogens (tertiary/aromatic N) is 2. The summed E-state index contributed by atoms with van der Waals surface area (Å²) in [6.45, 7) is 0.970. The Morgan fingerprint density at radius 2 is 1.85 bits per heavy atom. The van der Waals surface area contributed by atoms with Crippen molar-refractivity contribution in [2.45, 2.75) is 44.3 Å². The van der Waals surface area contributed by atoms with Crippen molar-refractivity contribution in [1.29, 1.82) is 5.26 Å². The molecular weight excluding hydrogens is 336 g/mol. The summed E-state index contributed by atoms with van der Waals surface area (Å²) < 4.78 is 5.19. The van der Waals surface area contributed by atoms with Crippen molar-refractivity contribution in [3.8, 4) is 11.8 Å². The molecule has 4 rings (SSSR count). The van der Waals surface area contributed by atoms with E-state index in [1.54, 1.807) is 18.2 Å². The summed E-state index contributed by atoms with van der Waals surface area (Å²) in [4.78, 5) is 15.7. The van der Waals surface area contributed by atoms with Gasteiger partial charge >= 0.3 is 0 Å². The number of ether oxygens (including phenoxy) is 1. The van der Waals surface area contributed by atoms with Crippen LogP contribution >= 0.6 is 0 Å². The van der Waals surface area contributed by atoms with Gasteiger partial charge in [-0.3, -0.25) is 9.69 Å². The topological polar surface area (TPSA) is 53.3 Å². The van der Waals surface area contributed by atoms with Crippen LogP contribution in [0.15, 0.2) is 48.5 Å². The quantitative estimate of drug-likeness (QED) is 0.750. The number of rotatable bonds is 5. The Labute approximate surface area is 160 Å². The van der Waals surface area contributed by atoms with E-state index in [4.69, 9.17) is 4.74 Å². The predicted octanol–water partition coefficient (Wildman–Crippen LogP) is 4.19. The van der Waals surface area contributed by atoms with Gasteiger partial charge in [0, 0.05) is 30.1 Å². The Kier molecular flexibility index (Phi) is 4.96. The molecule has 2 bridgehead atoms. The molecule has 2 aromatic carbocycles. The summed E-state index contributed by atoms with van der Waals surface area (Å²) in [5.74, 6) is 0.742. The van der Waals surface area contributed by atoms with E-state index >= 15 is 0 Å². The molecule has 2 heterocycles. The highest BCUT2D eigenvalue weighted by molar-refractivity contribution is 5.98. The largest absolute Gasteiger partial charge is 0.495 e. The number of methoxy groups -OCH3 is 1. The third-order valence-electron chi connectivity index (χ3n) is 6.07. The molecule has 4 nitrogen and oxygen atoms in total. The minimum Gasteiger partial charge on any atom is -0.495 e. The molecule has 27 heavy (non-hydrogen) atoms. The van der Waals surface area contributed by atoms with E-state index in [9.17, 15) is 10.1 Å². The standard InChI is InChI=1S/C23H24N2O2/c1-27-22-10-7-17(11-19(22)14-24)23(26)18-12-20-8-9-21(13-18)25(20)15-16-5-3-2-4-6-16/h2-7,10-11,18,20-21H,8-9,12-13,15H2,1H3. The van der Waals surface area contributed by atoms with Gasteiger partial charge in [-0.15, -0.1) is 0 Å². The van der Waals surface area contributed by atoms with Crippen molar-refractivity contribution < 1.29 is 9.53 Å². The van der Waals surface area contributed by atoms with Crippen LogP contribution in [0.4, 0.5) is 0 Å². The van der Waals surface area contributed by atoms with Gasteiger partial charge in [-0.2, -0.15) is 5.26 Å². The van der Waals surface area contributed by atoms with Gasteiger partial charge in [0.05, 0.1) is 12.7 Å². The van der Waals surface area contributed by atoms with Crippen LogP contribution in [0.25, 0.3) is 0 Å². The molecule has 2 atom stereocenters. The lowest BCUT2D eigenvalue weighted by atomic mass is 9.84. The zero-order valence-electron chi connectivity index (χ0n) is 15.6. The van der Waals surface area contributed by atoms with Crippen molar-refractivity contribution in [2.75, 3.05) is 7.11 Å². The number of nitriles is 1. The molecule has 2 aliphatic rings. The predicted molar refractivity (Wildman–Crippen MR) is 104 cm³/mol. The molecule has 4 heteroatoms. The molecule has 2 aromatic rings. The Balaban J connectivity index is 1.48. The number of carbonyl (C=O) groups excluding carboxylic acids is 1. The first kappa shape index (κ1) is 17.8. The minimum absolute atomic E-state index is 0.0504. The number of fused-ring (bicyclic) bond motifs is 2. The normalized spacial score (nSPS) is 24.4. The Hall–Kier alpha value is -2.64. The maximum absolute atomic E-state index is 13.1. The van der Waals surface area contributed by atoms with Crippen LogP contribution in [0.1, 0.15) is 47.2 Å². The second kappa shape index (κ2) is 7.54. The summed E-state index contributed by atoms with van der Waals surface area (Å²) in [6, 6.07) is 18.9. The Bertz CT molecular complexity index is 858. The zero-order valence-corrected chi connectivity index (χ0v) is 15.6. The van der Waals surface area contributed by atoms with Gasteiger partial charge in [0.2, 0.25) is 0 Å². The second-order valence-electron chi connectivity index (χ2n) is 7.60. The first-order valence-electron chi connectivity index (χ1n) is 9.61. The monoisotopic (exact) mass is 360 g/mol. The van der Waals surface area contributed by atoms with Crippen LogP contribution in [-0.2, 0) is 6.54 Å². The number of Topliss-reactive ketones (excluding diaryl/α,β-unsaturated/α-hetero) is 1. The molecule has 0 radical (unpaired) electrons. The van der Waals surface area contributed by atoms with E-state index < -0.39 is 0 Å². The van der Waals surface area contributed by atoms with Gasteiger partial charge in [-0.25, -0.2) is 0 Å². The number of carbonyl (C=O) groups is 1. The summed E-state index contributed by atoms with van der Waals surface area (Å²) in [5, 5.41) is 9.29. The summed E-state index contributed by atoms with van der Waals surface area (Å²) >= 11 is 0. The molecule has 2 aliphatic heterocycles. The number of hydrogen-bond acceptors (Lipinski definition) is 4. The molecule has 0 saturated carbocycles. The Morgan fingerprint density at radius 1 is 1.15 bits per heavy atom. The smallest absolute Gasteiger partial charge is 0.166 e. The van der Waals surface area contributed by atoms with Gasteiger partial charge in [-0.05, 0) is 49.4 Å². The molecule has 2 saturated heterocycles. The van der Waals surface area contributed by atoms with E-state index in [0.29, 0.717) is 29.0 Å². The third kappa shape index (κ3) is 3.48. The van der Waals surface area contributed by atoms with Crippen molar-refractivity contribution in [1.82, 2.24) is 4.90 Å². The average Bonchev–Trinajstić information content (AvgIpc) is 2.94. The Morgan fingerprint density at radius 3 is 2.48 bits per heavy atom. The second-order valence-corrected chi connectivity index (χ2v) is 7.60. The number of ketones is 1. The lowest BCUT2D eigenvalue weighted by molar-refractivity contribution is 0.0678. The van der Waals surface area contributed by atoms with E-state index in [0.717, 1.165) is 19.4 Å². The summed E-state index contributed by atoms with van der Waals surface area (Å²) in [6.07, 6.45) is 4.17. The lowest BCUT2D eigenvalue weighted by Gasteiger charge is -2.38. The maximum Gasteiger partial charge on any atom is 0.166 e. The molecule has 0 spiro atoms. The molecule has 0 N–H and O–H groups in total. The zero-order chi connectivity index (χ0) is 18.8. The molecular formula is C23H24N2O2. The lowest BCUT2D eigenvalue weighted by Crippen LogP contribution is -2.44. The number of benzene rings is 2. The van der Waals surface area contributed by atoms with E-state index in [-0.39, 0.29) is 11.7 Å². The fourth-order valence-electron chi connectivity index (χ4n) is 4.72. The third-order valence-corrected chi connectivity index (χ3v) is 6.07. The van der Waals surface area contributed by atoms with Crippen molar-refractivity contribution in [2.24, 2.45) is 5.92 Å². The molecule has 2 fully saturated rings. The maximum atomic E-state index is 13.1. The molecule has 138 valence electrons. The van der Waals surface area contributed by atoms with E-state index in [1.807, 2.05) is 6.07 Å². The summed E-state index contributed by atoms with van der Waals surface area (Å²) in [7, 11) is 1.54. The van der Waals surface area contributed by atoms with E-state index in [1.165, 1.54) is 25.5 Å². The highest BCUT2D eigenvalue weighted by atomic mass is 16.5. The first-order valence-corrected chi connectivity index (χ1v) is 9.61. The first-order chi connectivity index (χ1) is 13.2. The molecule has 2 unspecified atom stereocenters. The van der Waals surface area contributed by atoms with E-state index in [2.05, 4.69) is 35.2 Å². The van der Waals surface area contributed by atoms with Gasteiger partial charge in [-0.1, -0.05) is 30.3 Å². The fourth-order valence-corrected chi connectivity index (χ4v) is 4.72. The van der Waals surface area contributed by atoms with Crippen LogP contribution in [0.3, 0.4) is 0 Å². The van der Waals surface area contributed by atoms with Crippen molar-refractivity contribution in [3.05, 3.63) is 65.2 Å². The van der Waals surface area contributed by atoms with Gasteiger partial charge < -0.3 is 4.74 Å². The van der Waals surface area contributed by atoms with Gasteiger partial charge in [0.1, 0.15) is 11.8 Å². The average molecular weight is 360 g/mol. The SMILES string of the molecule is COc1ccc(C(=O)C2CC3CCC(C2)N3Cc2ccccc2)cc1C#N. The molecule has 0 aromatic heterocycles. The van der Waals surface area contributed by atoms with Crippen molar-refractivity contribution in [3.63, 3.8) is 0 Å².